The Morgan fingerprint density at radius 2 is 2.14 bits per heavy atom. The van der Waals surface area contributed by atoms with Crippen LogP contribution in [0, 0.1) is 5.92 Å². The lowest BCUT2D eigenvalue weighted by atomic mass is 10.1. The Labute approximate surface area is 122 Å². The molecular weight excluding hydrogens is 298 g/mol. The molecule has 3 N–H and O–H groups in total. The summed E-state index contributed by atoms with van der Waals surface area (Å²) in [5.41, 5.74) is 5.11. The highest BCUT2D eigenvalue weighted by molar-refractivity contribution is 7.89. The predicted octanol–water partition coefficient (Wildman–Crippen LogP) is -0.298. The van der Waals surface area contributed by atoms with Gasteiger partial charge in [-0.05, 0) is 19.4 Å². The number of carbonyl (C=O) groups is 2. The van der Waals surface area contributed by atoms with Gasteiger partial charge in [0, 0.05) is 25.8 Å². The molecule has 0 spiro atoms. The van der Waals surface area contributed by atoms with Crippen molar-refractivity contribution in [3.05, 3.63) is 18.0 Å². The van der Waals surface area contributed by atoms with Crippen molar-refractivity contribution in [3.8, 4) is 0 Å². The van der Waals surface area contributed by atoms with Gasteiger partial charge in [-0.25, -0.2) is 13.2 Å². The Morgan fingerprint density at radius 3 is 2.57 bits per heavy atom. The van der Waals surface area contributed by atoms with E-state index in [-0.39, 0.29) is 23.7 Å². The molecule has 1 amide bonds. The SMILES string of the molecule is CCn1cc(S(=O)(=O)N2CCC(C(N)=O)C2)cc1C(=O)O. The van der Waals surface area contributed by atoms with Gasteiger partial charge in [-0.15, -0.1) is 0 Å². The van der Waals surface area contributed by atoms with Crippen LogP contribution in [-0.2, 0) is 21.4 Å². The highest BCUT2D eigenvalue weighted by Crippen LogP contribution is 2.25. The minimum Gasteiger partial charge on any atom is -0.477 e. The first-order valence-corrected chi connectivity index (χ1v) is 7.94. The number of aromatic nitrogens is 1. The topological polar surface area (TPSA) is 123 Å². The van der Waals surface area contributed by atoms with Crippen molar-refractivity contribution in [2.24, 2.45) is 11.7 Å². The molecule has 1 aliphatic heterocycles. The van der Waals surface area contributed by atoms with Crippen LogP contribution in [0.3, 0.4) is 0 Å². The molecule has 0 bridgehead atoms. The molecule has 8 nitrogen and oxygen atoms in total. The van der Waals surface area contributed by atoms with Crippen LogP contribution in [0.4, 0.5) is 0 Å². The number of sulfonamides is 1. The van der Waals surface area contributed by atoms with E-state index in [1.807, 2.05) is 0 Å². The Hall–Kier alpha value is -1.87. The summed E-state index contributed by atoms with van der Waals surface area (Å²) in [5, 5.41) is 9.07. The standard InChI is InChI=1S/C12H17N3O5S/c1-2-14-7-9(5-10(14)12(17)18)21(19,20)15-4-3-8(6-15)11(13)16/h5,7-8H,2-4,6H2,1H3,(H2,13,16)(H,17,18). The largest absolute Gasteiger partial charge is 0.477 e. The third-order valence-corrected chi connectivity index (χ3v) is 5.45. The van der Waals surface area contributed by atoms with Crippen LogP contribution in [0.25, 0.3) is 0 Å². The lowest BCUT2D eigenvalue weighted by Gasteiger charge is -2.14. The fraction of sp³-hybridized carbons (Fsp3) is 0.500. The molecule has 0 aromatic carbocycles. The van der Waals surface area contributed by atoms with Gasteiger partial charge in [0.15, 0.2) is 0 Å². The van der Waals surface area contributed by atoms with E-state index in [0.717, 1.165) is 6.07 Å². The minimum absolute atomic E-state index is 0.0391. The molecule has 1 fully saturated rings. The van der Waals surface area contributed by atoms with E-state index < -0.39 is 27.8 Å². The van der Waals surface area contributed by atoms with Crippen LogP contribution in [0.1, 0.15) is 23.8 Å². The number of amides is 1. The van der Waals surface area contributed by atoms with Crippen molar-refractivity contribution in [2.45, 2.75) is 24.8 Å². The van der Waals surface area contributed by atoms with Crippen molar-refractivity contribution in [1.82, 2.24) is 8.87 Å². The van der Waals surface area contributed by atoms with Crippen molar-refractivity contribution >= 4 is 21.9 Å². The number of aromatic carboxylic acids is 1. The van der Waals surface area contributed by atoms with Gasteiger partial charge < -0.3 is 15.4 Å². The van der Waals surface area contributed by atoms with Crippen molar-refractivity contribution < 1.29 is 23.1 Å². The van der Waals surface area contributed by atoms with Crippen molar-refractivity contribution in [3.63, 3.8) is 0 Å². The molecule has 1 aromatic rings. The summed E-state index contributed by atoms with van der Waals surface area (Å²) >= 11 is 0. The summed E-state index contributed by atoms with van der Waals surface area (Å²) in [6, 6.07) is 1.14. The second kappa shape index (κ2) is 5.49. The molecule has 1 aromatic heterocycles. The number of aryl methyl sites for hydroxylation is 1. The molecule has 21 heavy (non-hydrogen) atoms. The first-order valence-electron chi connectivity index (χ1n) is 6.50. The van der Waals surface area contributed by atoms with Crippen LogP contribution in [0.2, 0.25) is 0 Å². The van der Waals surface area contributed by atoms with Gasteiger partial charge in [-0.2, -0.15) is 4.31 Å². The normalized spacial score (nSPS) is 19.8. The second-order valence-electron chi connectivity index (χ2n) is 4.90. The molecule has 2 heterocycles. The predicted molar refractivity (Wildman–Crippen MR) is 73.1 cm³/mol. The monoisotopic (exact) mass is 315 g/mol. The zero-order valence-electron chi connectivity index (χ0n) is 11.5. The van der Waals surface area contributed by atoms with Crippen LogP contribution in [0.5, 0.6) is 0 Å². The van der Waals surface area contributed by atoms with E-state index in [1.54, 1.807) is 6.92 Å². The highest BCUT2D eigenvalue weighted by atomic mass is 32.2. The van der Waals surface area contributed by atoms with E-state index in [9.17, 15) is 18.0 Å². The van der Waals surface area contributed by atoms with Crippen LogP contribution in [0.15, 0.2) is 17.2 Å². The first-order chi connectivity index (χ1) is 9.77. The number of nitrogens with zero attached hydrogens (tertiary/aromatic N) is 2. The van der Waals surface area contributed by atoms with Gasteiger partial charge in [-0.1, -0.05) is 0 Å². The number of carboxylic acids is 1. The van der Waals surface area contributed by atoms with E-state index >= 15 is 0 Å². The maximum absolute atomic E-state index is 12.5. The molecule has 1 saturated heterocycles. The molecule has 1 unspecified atom stereocenters. The van der Waals surface area contributed by atoms with Gasteiger partial charge in [0.2, 0.25) is 15.9 Å². The summed E-state index contributed by atoms with van der Waals surface area (Å²) in [6.45, 7) is 2.32. The van der Waals surface area contributed by atoms with E-state index in [0.29, 0.717) is 13.0 Å². The summed E-state index contributed by atoms with van der Waals surface area (Å²) < 4.78 is 27.5. The second-order valence-corrected chi connectivity index (χ2v) is 6.84. The molecular formula is C12H17N3O5S. The highest BCUT2D eigenvalue weighted by Gasteiger charge is 2.36. The van der Waals surface area contributed by atoms with Gasteiger partial charge in [0.25, 0.3) is 0 Å². The Kier molecular flexibility index (Phi) is 4.06. The summed E-state index contributed by atoms with van der Waals surface area (Å²) in [7, 11) is -3.81. The zero-order chi connectivity index (χ0) is 15.8. The van der Waals surface area contributed by atoms with Gasteiger partial charge in [-0.3, -0.25) is 4.79 Å². The Balaban J connectivity index is 2.33. The Morgan fingerprint density at radius 1 is 1.48 bits per heavy atom. The number of nitrogens with two attached hydrogens (primary N) is 1. The molecule has 116 valence electrons. The molecule has 0 radical (unpaired) electrons. The molecule has 2 rings (SSSR count). The number of carboxylic acid groups (broad SMARTS) is 1. The third kappa shape index (κ3) is 2.79. The average Bonchev–Trinajstić information content (AvgIpc) is 3.06. The number of hydrogen-bond donors (Lipinski definition) is 2. The molecule has 1 atom stereocenters. The molecule has 0 aliphatic carbocycles. The van der Waals surface area contributed by atoms with Gasteiger partial charge in [0.05, 0.1) is 5.92 Å². The summed E-state index contributed by atoms with van der Waals surface area (Å²) in [5.74, 6) is -2.20. The van der Waals surface area contributed by atoms with Crippen molar-refractivity contribution in [2.75, 3.05) is 13.1 Å². The van der Waals surface area contributed by atoms with E-state index in [1.165, 1.54) is 15.1 Å². The Bertz CT molecular complexity index is 679. The van der Waals surface area contributed by atoms with Crippen LogP contribution < -0.4 is 5.73 Å². The number of rotatable bonds is 5. The van der Waals surface area contributed by atoms with Crippen molar-refractivity contribution in [1.29, 1.82) is 0 Å². The number of hydrogen-bond acceptors (Lipinski definition) is 4. The number of primary amides is 1. The molecule has 0 saturated carbocycles. The van der Waals surface area contributed by atoms with Crippen LogP contribution >= 0.6 is 0 Å². The molecule has 1 aliphatic rings. The zero-order valence-corrected chi connectivity index (χ0v) is 12.3. The molecule has 9 heteroatoms. The number of carbonyl (C=O) groups excluding carboxylic acids is 1. The van der Waals surface area contributed by atoms with Crippen LogP contribution in [-0.4, -0.2) is 47.4 Å². The van der Waals surface area contributed by atoms with Gasteiger partial charge in [0.1, 0.15) is 10.6 Å². The quantitative estimate of drug-likeness (QED) is 0.772. The summed E-state index contributed by atoms with van der Waals surface area (Å²) in [6.07, 6.45) is 1.69. The first kappa shape index (κ1) is 15.5. The van der Waals surface area contributed by atoms with Gasteiger partial charge >= 0.3 is 5.97 Å². The minimum atomic E-state index is -3.81. The lowest BCUT2D eigenvalue weighted by molar-refractivity contribution is -0.121. The summed E-state index contributed by atoms with van der Waals surface area (Å²) in [4.78, 5) is 22.1. The maximum Gasteiger partial charge on any atom is 0.352 e. The average molecular weight is 315 g/mol. The fourth-order valence-corrected chi connectivity index (χ4v) is 3.93. The van der Waals surface area contributed by atoms with E-state index in [4.69, 9.17) is 10.8 Å². The maximum atomic E-state index is 12.5. The smallest absolute Gasteiger partial charge is 0.352 e. The third-order valence-electron chi connectivity index (χ3n) is 3.62. The lowest BCUT2D eigenvalue weighted by Crippen LogP contribution is -2.31. The van der Waals surface area contributed by atoms with E-state index in [2.05, 4.69) is 0 Å². The fourth-order valence-electron chi connectivity index (χ4n) is 2.39.